The zero-order valence-corrected chi connectivity index (χ0v) is 16.2. The Labute approximate surface area is 139 Å². The van der Waals surface area contributed by atoms with Crippen molar-refractivity contribution in [1.82, 2.24) is 18.3 Å². The molecule has 0 radical (unpaired) electrons. The molecule has 0 amide bonds. The van der Waals surface area contributed by atoms with Gasteiger partial charge in [-0.3, -0.25) is 0 Å². The minimum Gasteiger partial charge on any atom is -0.318 e. The van der Waals surface area contributed by atoms with Crippen LogP contribution in [0, 0.1) is 9.54 Å². The highest BCUT2D eigenvalue weighted by atomic mass is 35.7. The molecule has 1 aliphatic rings. The van der Waals surface area contributed by atoms with E-state index in [4.69, 9.17) is 46.9 Å². The molecule has 0 aliphatic carbocycles. The quantitative estimate of drug-likeness (QED) is 0.511. The summed E-state index contributed by atoms with van der Waals surface area (Å²) in [5.41, 5.74) is 4.16. The van der Waals surface area contributed by atoms with Crippen molar-refractivity contribution in [3.8, 4) is 0 Å². The van der Waals surface area contributed by atoms with Gasteiger partial charge >= 0.3 is 0 Å². The molecule has 0 atom stereocenters. The van der Waals surface area contributed by atoms with Crippen LogP contribution >= 0.6 is 61.5 Å². The van der Waals surface area contributed by atoms with E-state index >= 15 is 0 Å². The summed E-state index contributed by atoms with van der Waals surface area (Å²) in [5.74, 6) is 0. The Morgan fingerprint density at radius 1 is 0.650 bits per heavy atom. The highest BCUT2D eigenvalue weighted by Gasteiger charge is 2.39. The molecule has 0 saturated heterocycles. The summed E-state index contributed by atoms with van der Waals surface area (Å²) in [6, 6.07) is 0. The fraction of sp³-hybridized carbons (Fsp3) is 0.400. The number of rotatable bonds is 0. The number of aromatic nitrogens is 4. The summed E-state index contributed by atoms with van der Waals surface area (Å²) in [6.45, 7) is 0. The third kappa shape index (κ3) is 1.73. The van der Waals surface area contributed by atoms with Crippen molar-refractivity contribution >= 4 is 83.2 Å². The van der Waals surface area contributed by atoms with Crippen LogP contribution in [0.1, 0.15) is 0 Å². The molecule has 10 heteroatoms. The van der Waals surface area contributed by atoms with E-state index in [1.807, 2.05) is 46.5 Å². The van der Waals surface area contributed by atoms with Crippen LogP contribution in [0.2, 0.25) is 0 Å². The van der Waals surface area contributed by atoms with E-state index in [9.17, 15) is 0 Å². The molecule has 0 fully saturated rings. The molecule has 2 aromatic rings. The molecule has 20 heavy (non-hydrogen) atoms. The van der Waals surface area contributed by atoms with Crippen LogP contribution in [0.5, 0.6) is 0 Å². The van der Waals surface area contributed by atoms with Gasteiger partial charge in [-0.1, -0.05) is 22.5 Å². The molecule has 108 valence electrons. The Bertz CT molecular complexity index is 716. The van der Waals surface area contributed by atoms with Crippen molar-refractivity contribution in [1.29, 1.82) is 0 Å². The summed E-state index contributed by atoms with van der Waals surface area (Å²) in [5, 5.41) is 0. The maximum absolute atomic E-state index is 6.78. The number of hydrogen-bond acceptors (Lipinski definition) is 2. The monoisotopic (exact) mass is 384 g/mol. The van der Waals surface area contributed by atoms with E-state index in [-0.39, 0.29) is 0 Å². The van der Waals surface area contributed by atoms with Gasteiger partial charge in [0.05, 0.1) is 36.3 Å². The predicted octanol–water partition coefficient (Wildman–Crippen LogP) is 1.99. The van der Waals surface area contributed by atoms with Gasteiger partial charge in [-0.25, -0.2) is 0 Å². The van der Waals surface area contributed by atoms with Crippen molar-refractivity contribution in [2.24, 2.45) is 28.2 Å². The molecule has 4 nitrogen and oxygen atoms in total. The Morgan fingerprint density at radius 2 is 0.850 bits per heavy atom. The number of hydrogen-bond donors (Lipinski definition) is 0. The Kier molecular flexibility index (Phi) is 3.73. The van der Waals surface area contributed by atoms with Gasteiger partial charge in [-0.2, -0.15) is 0 Å². The van der Waals surface area contributed by atoms with E-state index in [1.165, 1.54) is 0 Å². The molecule has 0 saturated carbocycles. The topological polar surface area (TPSA) is 19.7 Å². The molecule has 3 heterocycles. The fourth-order valence-corrected chi connectivity index (χ4v) is 10.5. The number of halogens is 2. The van der Waals surface area contributed by atoms with Gasteiger partial charge in [-0.15, -0.1) is 0 Å². The van der Waals surface area contributed by atoms with Gasteiger partial charge in [-0.05, 0) is 24.4 Å². The van der Waals surface area contributed by atoms with Crippen LogP contribution in [0.4, 0.5) is 0 Å². The second kappa shape index (κ2) is 4.91. The van der Waals surface area contributed by atoms with E-state index < -0.39 is 14.5 Å². The molecule has 2 aromatic heterocycles. The number of imidazole rings is 2. The lowest BCUT2D eigenvalue weighted by Gasteiger charge is -2.24. The van der Waals surface area contributed by atoms with Gasteiger partial charge in [0.1, 0.15) is 0 Å². The molecule has 0 bridgehead atoms. The Hall–Kier alpha value is 0.300. The van der Waals surface area contributed by atoms with Crippen molar-refractivity contribution < 1.29 is 0 Å². The minimum atomic E-state index is -1.03. The fourth-order valence-electron chi connectivity index (χ4n) is 2.49. The average molecular weight is 385 g/mol. The van der Waals surface area contributed by atoms with E-state index in [0.29, 0.717) is 0 Å². The SMILES string of the molecule is Cn1c2c(n(C)c1=S)P(Cl)c1c(n(C)c(=S)n1C)P2Cl. The second-order valence-corrected chi connectivity index (χ2v) is 10.2. The summed E-state index contributed by atoms with van der Waals surface area (Å²) in [6.07, 6.45) is 0. The highest BCUT2D eigenvalue weighted by molar-refractivity contribution is 8.04. The zero-order valence-electron chi connectivity index (χ0n) is 11.3. The van der Waals surface area contributed by atoms with Crippen LogP contribution in [0.3, 0.4) is 0 Å². The molecule has 3 rings (SSSR count). The van der Waals surface area contributed by atoms with Crippen molar-refractivity contribution in [3.05, 3.63) is 9.54 Å². The van der Waals surface area contributed by atoms with Crippen LogP contribution < -0.4 is 21.7 Å². The largest absolute Gasteiger partial charge is 0.318 e. The summed E-state index contributed by atoms with van der Waals surface area (Å²) < 4.78 is 9.37. The maximum Gasteiger partial charge on any atom is 0.180 e. The smallest absolute Gasteiger partial charge is 0.180 e. The first-order valence-corrected chi connectivity index (χ1v) is 11.0. The first kappa shape index (κ1) is 15.2. The Morgan fingerprint density at radius 3 is 1.05 bits per heavy atom. The van der Waals surface area contributed by atoms with E-state index in [0.717, 1.165) is 31.3 Å². The normalized spacial score (nSPS) is 20.9. The predicted molar refractivity (Wildman–Crippen MR) is 94.5 cm³/mol. The van der Waals surface area contributed by atoms with E-state index in [2.05, 4.69) is 0 Å². The van der Waals surface area contributed by atoms with Gasteiger partial charge in [0.2, 0.25) is 0 Å². The molecule has 0 aromatic carbocycles. The van der Waals surface area contributed by atoms with Crippen LogP contribution in [-0.4, -0.2) is 18.3 Å². The summed E-state index contributed by atoms with van der Waals surface area (Å²) >= 11 is 24.4. The highest BCUT2D eigenvalue weighted by Crippen LogP contribution is 2.50. The molecular formula is C10H12Cl2N4P2S2. The van der Waals surface area contributed by atoms with Crippen molar-refractivity contribution in [2.45, 2.75) is 0 Å². The molecule has 0 spiro atoms. The third-order valence-corrected chi connectivity index (χ3v) is 10.5. The first-order valence-electron chi connectivity index (χ1n) is 5.72. The summed E-state index contributed by atoms with van der Waals surface area (Å²) in [7, 11) is 5.73. The van der Waals surface area contributed by atoms with Crippen molar-refractivity contribution in [2.75, 3.05) is 0 Å². The Balaban J connectivity index is 2.45. The van der Waals surface area contributed by atoms with Crippen LogP contribution in [0.15, 0.2) is 0 Å². The van der Waals surface area contributed by atoms with Crippen molar-refractivity contribution in [3.63, 3.8) is 0 Å². The standard InChI is InChI=1S/C10H12Cl2N4P2S2/c1-13-5-6(14(2)9(13)19)18(12)8-7(17(5)11)15(3)10(20)16(8)4/h1-4H3. The van der Waals surface area contributed by atoms with Gasteiger partial charge < -0.3 is 18.3 Å². The lowest BCUT2D eigenvalue weighted by atomic mass is 10.8. The third-order valence-electron chi connectivity index (χ3n) is 3.56. The number of fused-ring (bicyclic) bond motifs is 2. The molecule has 0 unspecified atom stereocenters. The summed E-state index contributed by atoms with van der Waals surface area (Å²) in [4.78, 5) is 0. The molecule has 1 aliphatic heterocycles. The van der Waals surface area contributed by atoms with Gasteiger partial charge in [0.15, 0.2) is 9.54 Å². The van der Waals surface area contributed by atoms with Crippen LogP contribution in [0.25, 0.3) is 0 Å². The number of nitrogens with zero attached hydrogens (tertiary/aromatic N) is 4. The lowest BCUT2D eigenvalue weighted by molar-refractivity contribution is 0.824. The molecule has 0 N–H and O–H groups in total. The van der Waals surface area contributed by atoms with Crippen LogP contribution in [-0.2, 0) is 28.2 Å². The van der Waals surface area contributed by atoms with Gasteiger partial charge in [0, 0.05) is 28.2 Å². The second-order valence-electron chi connectivity index (χ2n) is 4.66. The molecular weight excluding hydrogens is 373 g/mol. The minimum absolute atomic E-state index is 0.741. The average Bonchev–Trinajstić information content (AvgIpc) is 2.77. The van der Waals surface area contributed by atoms with Gasteiger partial charge in [0.25, 0.3) is 0 Å². The first-order chi connectivity index (χ1) is 9.29. The lowest BCUT2D eigenvalue weighted by Crippen LogP contribution is -2.43. The maximum atomic E-state index is 6.78. The van der Waals surface area contributed by atoms with E-state index in [1.54, 1.807) is 0 Å². The zero-order chi connectivity index (χ0) is 14.9.